The summed E-state index contributed by atoms with van der Waals surface area (Å²) in [6.45, 7) is 4.71. The second kappa shape index (κ2) is 6.85. The average molecular weight is 347 g/mol. The normalized spacial score (nSPS) is 23.0. The summed E-state index contributed by atoms with van der Waals surface area (Å²) < 4.78 is 1.87. The zero-order valence-corrected chi connectivity index (χ0v) is 14.8. The van der Waals surface area contributed by atoms with Crippen LogP contribution in [0.1, 0.15) is 39.5 Å². The first kappa shape index (κ1) is 17.4. The van der Waals surface area contributed by atoms with Crippen molar-refractivity contribution in [1.82, 2.24) is 24.9 Å². The van der Waals surface area contributed by atoms with Gasteiger partial charge in [-0.05, 0) is 45.6 Å². The Labute approximate surface area is 147 Å². The largest absolute Gasteiger partial charge is 0.338 e. The second-order valence-electron chi connectivity index (χ2n) is 7.20. The van der Waals surface area contributed by atoms with Crippen molar-refractivity contribution in [3.8, 4) is 0 Å². The van der Waals surface area contributed by atoms with Crippen LogP contribution in [0.3, 0.4) is 0 Å². The maximum absolute atomic E-state index is 12.8. The molecule has 25 heavy (non-hydrogen) atoms. The maximum Gasteiger partial charge on any atom is 0.325 e. The average Bonchev–Trinajstić information content (AvgIpc) is 3.16. The zero-order chi connectivity index (χ0) is 18.0. The Morgan fingerprint density at radius 3 is 2.80 bits per heavy atom. The molecule has 0 aromatic carbocycles. The molecule has 2 fully saturated rings. The predicted octanol–water partition coefficient (Wildman–Crippen LogP) is 0.985. The summed E-state index contributed by atoms with van der Waals surface area (Å²) in [6.07, 6.45) is 7.52. The minimum Gasteiger partial charge on any atom is -0.338 e. The van der Waals surface area contributed by atoms with E-state index in [9.17, 15) is 14.4 Å². The first-order valence-electron chi connectivity index (χ1n) is 8.79. The topological polar surface area (TPSA) is 87.5 Å². The van der Waals surface area contributed by atoms with Gasteiger partial charge in [-0.15, -0.1) is 0 Å². The lowest BCUT2D eigenvalue weighted by atomic mass is 9.98. The highest BCUT2D eigenvalue weighted by atomic mass is 16.2. The number of hydrogen-bond acceptors (Lipinski definition) is 4. The van der Waals surface area contributed by atoms with Gasteiger partial charge in [0.05, 0.1) is 0 Å². The van der Waals surface area contributed by atoms with Gasteiger partial charge in [0.1, 0.15) is 12.1 Å². The van der Waals surface area contributed by atoms with Crippen molar-refractivity contribution in [1.29, 1.82) is 0 Å². The highest BCUT2D eigenvalue weighted by Gasteiger charge is 2.46. The Kier molecular flexibility index (Phi) is 4.78. The van der Waals surface area contributed by atoms with E-state index in [4.69, 9.17) is 0 Å². The first-order valence-corrected chi connectivity index (χ1v) is 8.79. The number of aryl methyl sites for hydroxylation is 1. The SMILES string of the molecule is CC1(C)C(=O)NC(=O)N1CC(=O)N1CCCCC1CCn1cccn1. The fraction of sp³-hybridized carbons (Fsp3) is 0.647. The molecule has 4 amide bonds. The summed E-state index contributed by atoms with van der Waals surface area (Å²) in [5.41, 5.74) is -0.993. The Balaban J connectivity index is 1.64. The molecule has 8 heteroatoms. The monoisotopic (exact) mass is 347 g/mol. The van der Waals surface area contributed by atoms with Gasteiger partial charge < -0.3 is 9.80 Å². The van der Waals surface area contributed by atoms with E-state index in [-0.39, 0.29) is 24.4 Å². The van der Waals surface area contributed by atoms with E-state index in [1.807, 2.05) is 21.8 Å². The number of amides is 4. The molecule has 0 bridgehead atoms. The van der Waals surface area contributed by atoms with E-state index in [1.54, 1.807) is 20.0 Å². The molecule has 1 unspecified atom stereocenters. The summed E-state index contributed by atoms with van der Waals surface area (Å²) in [4.78, 5) is 39.9. The van der Waals surface area contributed by atoms with Crippen LogP contribution >= 0.6 is 0 Å². The molecule has 2 aliphatic rings. The predicted molar refractivity (Wildman–Crippen MR) is 90.5 cm³/mol. The van der Waals surface area contributed by atoms with Gasteiger partial charge in [0.15, 0.2) is 0 Å². The molecule has 2 saturated heterocycles. The van der Waals surface area contributed by atoms with Crippen LogP contribution < -0.4 is 5.32 Å². The number of carbonyl (C=O) groups is 3. The van der Waals surface area contributed by atoms with Crippen molar-refractivity contribution in [3.63, 3.8) is 0 Å². The smallest absolute Gasteiger partial charge is 0.325 e. The van der Waals surface area contributed by atoms with Crippen LogP contribution in [0.2, 0.25) is 0 Å². The van der Waals surface area contributed by atoms with E-state index in [0.717, 1.165) is 32.2 Å². The van der Waals surface area contributed by atoms with Crippen molar-refractivity contribution >= 4 is 17.8 Å². The minimum absolute atomic E-state index is 0.0666. The standard InChI is InChI=1S/C17H25N5O3/c1-17(2)15(24)19-16(25)22(17)12-14(23)21-10-4-3-6-13(21)7-11-20-9-5-8-18-20/h5,8-9,13H,3-4,6-7,10-12H2,1-2H3,(H,19,24,25). The zero-order valence-electron chi connectivity index (χ0n) is 14.8. The second-order valence-corrected chi connectivity index (χ2v) is 7.20. The van der Waals surface area contributed by atoms with E-state index in [2.05, 4.69) is 10.4 Å². The summed E-state index contributed by atoms with van der Waals surface area (Å²) in [6, 6.07) is 1.54. The molecule has 1 aromatic heterocycles. The van der Waals surface area contributed by atoms with Crippen LogP contribution in [0.5, 0.6) is 0 Å². The third-order valence-corrected chi connectivity index (χ3v) is 5.19. The van der Waals surface area contributed by atoms with Crippen LogP contribution in [-0.2, 0) is 16.1 Å². The van der Waals surface area contributed by atoms with Crippen LogP contribution in [0, 0.1) is 0 Å². The van der Waals surface area contributed by atoms with Crippen molar-refractivity contribution in [2.45, 2.75) is 57.7 Å². The molecule has 1 atom stereocenters. The molecule has 1 aromatic rings. The molecule has 0 spiro atoms. The van der Waals surface area contributed by atoms with E-state index < -0.39 is 11.6 Å². The molecule has 3 rings (SSSR count). The summed E-state index contributed by atoms with van der Waals surface area (Å²) >= 11 is 0. The number of nitrogens with one attached hydrogen (secondary N) is 1. The van der Waals surface area contributed by atoms with E-state index >= 15 is 0 Å². The van der Waals surface area contributed by atoms with E-state index in [1.165, 1.54) is 4.90 Å². The van der Waals surface area contributed by atoms with Crippen LogP contribution in [0.25, 0.3) is 0 Å². The maximum atomic E-state index is 12.8. The molecule has 0 radical (unpaired) electrons. The lowest BCUT2D eigenvalue weighted by molar-refractivity contribution is -0.137. The molecule has 0 aliphatic carbocycles. The third kappa shape index (κ3) is 3.52. The summed E-state index contributed by atoms with van der Waals surface area (Å²) in [5, 5.41) is 6.49. The highest BCUT2D eigenvalue weighted by Crippen LogP contribution is 2.24. The van der Waals surface area contributed by atoms with Crippen molar-refractivity contribution in [2.75, 3.05) is 13.1 Å². The number of nitrogens with zero attached hydrogens (tertiary/aromatic N) is 4. The van der Waals surface area contributed by atoms with Crippen LogP contribution in [0.4, 0.5) is 4.79 Å². The molecule has 2 aliphatic heterocycles. The Bertz CT molecular complexity index is 655. The van der Waals surface area contributed by atoms with Crippen LogP contribution in [0.15, 0.2) is 18.5 Å². The number of hydrogen-bond donors (Lipinski definition) is 1. The number of aromatic nitrogens is 2. The fourth-order valence-corrected chi connectivity index (χ4v) is 3.53. The number of carbonyl (C=O) groups excluding carboxylic acids is 3. The van der Waals surface area contributed by atoms with Gasteiger partial charge in [-0.3, -0.25) is 19.6 Å². The molecule has 136 valence electrons. The van der Waals surface area contributed by atoms with Crippen molar-refractivity contribution < 1.29 is 14.4 Å². The summed E-state index contributed by atoms with van der Waals surface area (Å²) in [5.74, 6) is -0.456. The Morgan fingerprint density at radius 1 is 1.36 bits per heavy atom. The van der Waals surface area contributed by atoms with Gasteiger partial charge in [0.2, 0.25) is 5.91 Å². The van der Waals surface area contributed by atoms with Gasteiger partial charge in [0.25, 0.3) is 5.91 Å². The molecule has 3 heterocycles. The lowest BCUT2D eigenvalue weighted by Gasteiger charge is -2.38. The van der Waals surface area contributed by atoms with Crippen LogP contribution in [-0.4, -0.2) is 62.1 Å². The minimum atomic E-state index is -0.993. The number of imide groups is 1. The van der Waals surface area contributed by atoms with Gasteiger partial charge >= 0.3 is 6.03 Å². The number of likely N-dealkylation sites (tertiary alicyclic amines) is 1. The van der Waals surface area contributed by atoms with Gasteiger partial charge in [0, 0.05) is 31.5 Å². The molecule has 8 nitrogen and oxygen atoms in total. The van der Waals surface area contributed by atoms with Gasteiger partial charge in [-0.2, -0.15) is 5.10 Å². The number of rotatable bonds is 5. The Hall–Kier alpha value is -2.38. The quantitative estimate of drug-likeness (QED) is 0.805. The Morgan fingerprint density at radius 2 is 2.16 bits per heavy atom. The van der Waals surface area contributed by atoms with Gasteiger partial charge in [-0.1, -0.05) is 0 Å². The van der Waals surface area contributed by atoms with Gasteiger partial charge in [-0.25, -0.2) is 4.79 Å². The highest BCUT2D eigenvalue weighted by molar-refractivity contribution is 6.07. The fourth-order valence-electron chi connectivity index (χ4n) is 3.53. The van der Waals surface area contributed by atoms with Crippen molar-refractivity contribution in [2.24, 2.45) is 0 Å². The molecular weight excluding hydrogens is 322 g/mol. The first-order chi connectivity index (χ1) is 11.9. The third-order valence-electron chi connectivity index (χ3n) is 5.19. The summed E-state index contributed by atoms with van der Waals surface area (Å²) in [7, 11) is 0. The number of urea groups is 1. The van der Waals surface area contributed by atoms with E-state index in [0.29, 0.717) is 6.54 Å². The molecule has 0 saturated carbocycles. The molecule has 1 N–H and O–H groups in total. The molecular formula is C17H25N5O3. The lowest BCUT2D eigenvalue weighted by Crippen LogP contribution is -2.52. The number of piperidine rings is 1. The van der Waals surface area contributed by atoms with Crippen molar-refractivity contribution in [3.05, 3.63) is 18.5 Å².